The second kappa shape index (κ2) is 6.16. The van der Waals surface area contributed by atoms with E-state index < -0.39 is 0 Å². The number of nitrogens with one attached hydrogen (secondary N) is 3. The number of carbonyl (C=O) groups excluding carboxylic acids is 1. The Morgan fingerprint density at radius 1 is 1.38 bits per heavy atom. The van der Waals surface area contributed by atoms with Crippen molar-refractivity contribution in [3.63, 3.8) is 0 Å². The summed E-state index contributed by atoms with van der Waals surface area (Å²) in [5, 5.41) is 9.79. The lowest BCUT2D eigenvalue weighted by molar-refractivity contribution is -0.118. The average Bonchev–Trinajstić information content (AvgIpc) is 3.20. The van der Waals surface area contributed by atoms with E-state index in [4.69, 9.17) is 0 Å². The highest BCUT2D eigenvalue weighted by Crippen LogP contribution is 2.58. The third-order valence-electron chi connectivity index (χ3n) is 4.88. The number of benzene rings is 1. The molecular formula is C17H25N3O. The summed E-state index contributed by atoms with van der Waals surface area (Å²) in [6, 6.07) is 8.14. The van der Waals surface area contributed by atoms with Gasteiger partial charge in [0.2, 0.25) is 5.91 Å². The van der Waals surface area contributed by atoms with Crippen LogP contribution in [-0.4, -0.2) is 25.5 Å². The van der Waals surface area contributed by atoms with Crippen molar-refractivity contribution < 1.29 is 4.79 Å². The van der Waals surface area contributed by atoms with E-state index in [2.05, 4.69) is 35.0 Å². The van der Waals surface area contributed by atoms with Gasteiger partial charge in [0, 0.05) is 18.2 Å². The highest BCUT2D eigenvalue weighted by atomic mass is 16.2. The van der Waals surface area contributed by atoms with Gasteiger partial charge in [-0.05, 0) is 62.0 Å². The van der Waals surface area contributed by atoms with Crippen LogP contribution in [0.2, 0.25) is 0 Å². The Hall–Kier alpha value is -1.39. The summed E-state index contributed by atoms with van der Waals surface area (Å²) in [5.74, 6) is 0.425. The van der Waals surface area contributed by atoms with Gasteiger partial charge < -0.3 is 16.0 Å². The van der Waals surface area contributed by atoms with Crippen molar-refractivity contribution in [1.29, 1.82) is 0 Å². The lowest BCUT2D eigenvalue weighted by Gasteiger charge is -2.23. The van der Waals surface area contributed by atoms with E-state index in [1.807, 2.05) is 12.1 Å². The van der Waals surface area contributed by atoms with Crippen molar-refractivity contribution >= 4 is 11.6 Å². The fourth-order valence-electron chi connectivity index (χ4n) is 3.45. The molecule has 114 valence electrons. The van der Waals surface area contributed by atoms with Crippen molar-refractivity contribution in [3.8, 4) is 0 Å². The number of amides is 1. The molecule has 1 amide bonds. The molecule has 0 aromatic heterocycles. The van der Waals surface area contributed by atoms with Crippen molar-refractivity contribution in [2.45, 2.75) is 32.7 Å². The third-order valence-corrected chi connectivity index (χ3v) is 4.88. The summed E-state index contributed by atoms with van der Waals surface area (Å²) >= 11 is 0. The maximum atomic E-state index is 12.4. The molecule has 4 nitrogen and oxygen atoms in total. The lowest BCUT2D eigenvalue weighted by Crippen LogP contribution is -2.31. The zero-order valence-corrected chi connectivity index (χ0v) is 12.7. The molecule has 2 fully saturated rings. The predicted octanol–water partition coefficient (Wildman–Crippen LogP) is 2.12. The molecule has 1 saturated carbocycles. The van der Waals surface area contributed by atoms with Gasteiger partial charge >= 0.3 is 0 Å². The van der Waals surface area contributed by atoms with E-state index in [9.17, 15) is 4.79 Å². The van der Waals surface area contributed by atoms with E-state index >= 15 is 0 Å². The molecule has 21 heavy (non-hydrogen) atoms. The van der Waals surface area contributed by atoms with Gasteiger partial charge in [-0.3, -0.25) is 4.79 Å². The molecule has 0 radical (unpaired) electrons. The highest BCUT2D eigenvalue weighted by Gasteiger charge is 2.57. The number of hydrogen-bond acceptors (Lipinski definition) is 3. The van der Waals surface area contributed by atoms with Crippen LogP contribution in [0.25, 0.3) is 0 Å². The minimum Gasteiger partial charge on any atom is -0.326 e. The Balaban J connectivity index is 1.58. The first-order chi connectivity index (χ1) is 10.2. The van der Waals surface area contributed by atoms with E-state index in [-0.39, 0.29) is 11.8 Å². The molecule has 1 heterocycles. The van der Waals surface area contributed by atoms with E-state index in [1.54, 1.807) is 0 Å². The van der Waals surface area contributed by atoms with Crippen LogP contribution in [0.5, 0.6) is 0 Å². The van der Waals surface area contributed by atoms with Crippen LogP contribution in [0.4, 0.5) is 5.69 Å². The van der Waals surface area contributed by atoms with Crippen LogP contribution in [0, 0.1) is 11.3 Å². The zero-order chi connectivity index (χ0) is 14.7. The maximum Gasteiger partial charge on any atom is 0.228 e. The van der Waals surface area contributed by atoms with Gasteiger partial charge in [-0.2, -0.15) is 0 Å². The second-order valence-electron chi connectivity index (χ2n) is 6.34. The molecule has 3 rings (SSSR count). The molecular weight excluding hydrogens is 262 g/mol. The predicted molar refractivity (Wildman–Crippen MR) is 85.1 cm³/mol. The van der Waals surface area contributed by atoms with Gasteiger partial charge in [-0.15, -0.1) is 0 Å². The number of anilines is 1. The molecule has 1 saturated heterocycles. The van der Waals surface area contributed by atoms with Gasteiger partial charge in [-0.25, -0.2) is 0 Å². The molecule has 1 aromatic rings. The van der Waals surface area contributed by atoms with Crippen molar-refractivity contribution in [3.05, 3.63) is 29.8 Å². The topological polar surface area (TPSA) is 53.2 Å². The summed E-state index contributed by atoms with van der Waals surface area (Å²) < 4.78 is 0. The smallest absolute Gasteiger partial charge is 0.228 e. The number of carbonyl (C=O) groups is 1. The molecule has 4 heteroatoms. The Morgan fingerprint density at radius 3 is 2.95 bits per heavy atom. The van der Waals surface area contributed by atoms with Crippen LogP contribution in [0.3, 0.4) is 0 Å². The quantitative estimate of drug-likeness (QED) is 0.777. The average molecular weight is 287 g/mol. The summed E-state index contributed by atoms with van der Waals surface area (Å²) in [7, 11) is 0. The normalized spacial score (nSPS) is 23.0. The van der Waals surface area contributed by atoms with Gasteiger partial charge in [-0.1, -0.05) is 19.1 Å². The molecule has 1 spiro atoms. The first-order valence-corrected chi connectivity index (χ1v) is 8.05. The number of rotatable bonds is 5. The SMILES string of the molecule is CCNCc1cccc(NC(=O)C2CC23CCNCC3)c1. The second-order valence-corrected chi connectivity index (χ2v) is 6.34. The van der Waals surface area contributed by atoms with E-state index in [0.717, 1.165) is 51.1 Å². The lowest BCUT2D eigenvalue weighted by atomic mass is 9.92. The van der Waals surface area contributed by atoms with Crippen molar-refractivity contribution in [2.24, 2.45) is 11.3 Å². The largest absolute Gasteiger partial charge is 0.326 e. The van der Waals surface area contributed by atoms with Gasteiger partial charge in [0.05, 0.1) is 0 Å². The molecule has 2 aliphatic rings. The van der Waals surface area contributed by atoms with E-state index in [0.29, 0.717) is 5.41 Å². The monoisotopic (exact) mass is 287 g/mol. The first kappa shape index (κ1) is 14.5. The summed E-state index contributed by atoms with van der Waals surface area (Å²) in [6.45, 7) is 6.01. The van der Waals surface area contributed by atoms with Gasteiger partial charge in [0.25, 0.3) is 0 Å². The van der Waals surface area contributed by atoms with Crippen molar-refractivity contribution in [2.75, 3.05) is 25.0 Å². The number of hydrogen-bond donors (Lipinski definition) is 3. The van der Waals surface area contributed by atoms with E-state index in [1.165, 1.54) is 5.56 Å². The zero-order valence-electron chi connectivity index (χ0n) is 12.7. The molecule has 1 atom stereocenters. The molecule has 1 aliphatic heterocycles. The third kappa shape index (κ3) is 3.27. The van der Waals surface area contributed by atoms with Crippen LogP contribution in [0.15, 0.2) is 24.3 Å². The fourth-order valence-corrected chi connectivity index (χ4v) is 3.45. The highest BCUT2D eigenvalue weighted by molar-refractivity contribution is 5.95. The maximum absolute atomic E-state index is 12.4. The van der Waals surface area contributed by atoms with Crippen LogP contribution in [0.1, 0.15) is 31.7 Å². The Labute approximate surface area is 126 Å². The molecule has 1 aliphatic carbocycles. The first-order valence-electron chi connectivity index (χ1n) is 8.05. The van der Waals surface area contributed by atoms with Gasteiger partial charge in [0.15, 0.2) is 0 Å². The Kier molecular flexibility index (Phi) is 4.27. The fraction of sp³-hybridized carbons (Fsp3) is 0.588. The Bertz CT molecular complexity index is 509. The molecule has 3 N–H and O–H groups in total. The molecule has 1 aromatic carbocycles. The van der Waals surface area contributed by atoms with Crippen LogP contribution >= 0.6 is 0 Å². The molecule has 0 bridgehead atoms. The van der Waals surface area contributed by atoms with Crippen LogP contribution < -0.4 is 16.0 Å². The standard InChI is InChI=1S/C17H25N3O/c1-2-18-12-13-4-3-5-14(10-13)20-16(21)15-11-17(15)6-8-19-9-7-17/h3-5,10,15,18-19H,2,6-9,11-12H2,1H3,(H,20,21). The minimum absolute atomic E-state index is 0.206. The summed E-state index contributed by atoms with van der Waals surface area (Å²) in [4.78, 5) is 12.4. The minimum atomic E-state index is 0.206. The Morgan fingerprint density at radius 2 is 2.19 bits per heavy atom. The van der Waals surface area contributed by atoms with Gasteiger partial charge in [0.1, 0.15) is 0 Å². The summed E-state index contributed by atoms with van der Waals surface area (Å²) in [5.41, 5.74) is 2.44. The number of piperidine rings is 1. The van der Waals surface area contributed by atoms with Crippen LogP contribution in [-0.2, 0) is 11.3 Å². The van der Waals surface area contributed by atoms with Crippen molar-refractivity contribution in [1.82, 2.24) is 10.6 Å². The molecule has 1 unspecified atom stereocenters. The summed E-state index contributed by atoms with van der Waals surface area (Å²) in [6.07, 6.45) is 3.36.